The Labute approximate surface area is 59.9 Å². The Balaban J connectivity index is 2.18. The molecule has 0 unspecified atom stereocenters. The molecule has 2 nitrogen and oxygen atoms in total. The zero-order valence-electron chi connectivity index (χ0n) is 5.17. The first kappa shape index (κ1) is 6.87. The second-order valence-corrected chi connectivity index (χ2v) is 2.34. The molecule has 0 saturated carbocycles. The molecule has 1 aliphatic heterocycles. The monoisotopic (exact) mass is 143 g/mol. The van der Waals surface area contributed by atoms with Crippen molar-refractivity contribution in [2.45, 2.75) is 6.42 Å². The summed E-state index contributed by atoms with van der Waals surface area (Å²) in [4.78, 5) is 3.84. The molecule has 1 aliphatic rings. The lowest BCUT2D eigenvalue weighted by atomic mass is 10.1. The van der Waals surface area contributed by atoms with E-state index < -0.39 is 0 Å². The quantitative estimate of drug-likeness (QED) is 0.427. The number of aliphatic imine (C=N–C) groups is 1. The fourth-order valence-electron chi connectivity index (χ4n) is 0.894. The van der Waals surface area contributed by atoms with Gasteiger partial charge in [0.1, 0.15) is 0 Å². The van der Waals surface area contributed by atoms with Crippen LogP contribution >= 0.6 is 12.2 Å². The van der Waals surface area contributed by atoms with Crippen LogP contribution in [-0.2, 0) is 4.74 Å². The van der Waals surface area contributed by atoms with Crippen LogP contribution in [0.5, 0.6) is 0 Å². The molecular formula is C6H9NOS. The van der Waals surface area contributed by atoms with Crippen molar-refractivity contribution < 1.29 is 4.74 Å². The molecule has 0 N–H and O–H groups in total. The first-order chi connectivity index (χ1) is 4.43. The van der Waals surface area contributed by atoms with E-state index in [0.29, 0.717) is 5.92 Å². The van der Waals surface area contributed by atoms with Crippen molar-refractivity contribution in [1.82, 2.24) is 0 Å². The first-order valence-electron chi connectivity index (χ1n) is 3.05. The highest BCUT2D eigenvalue weighted by Gasteiger charge is 2.13. The van der Waals surface area contributed by atoms with E-state index in [2.05, 4.69) is 22.4 Å². The Kier molecular flexibility index (Phi) is 2.84. The van der Waals surface area contributed by atoms with Crippen LogP contribution in [0.3, 0.4) is 0 Å². The summed E-state index contributed by atoms with van der Waals surface area (Å²) in [5.41, 5.74) is 0. The number of rotatable bonds is 2. The molecule has 1 fully saturated rings. The highest BCUT2D eigenvalue weighted by molar-refractivity contribution is 7.78. The molecule has 0 radical (unpaired) electrons. The van der Waals surface area contributed by atoms with Gasteiger partial charge in [0, 0.05) is 12.5 Å². The van der Waals surface area contributed by atoms with E-state index in [0.717, 1.165) is 26.2 Å². The Morgan fingerprint density at radius 3 is 3.22 bits per heavy atom. The summed E-state index contributed by atoms with van der Waals surface area (Å²) in [6.45, 7) is 2.53. The second-order valence-electron chi connectivity index (χ2n) is 2.16. The molecule has 1 heterocycles. The van der Waals surface area contributed by atoms with Gasteiger partial charge in [-0.1, -0.05) is 0 Å². The molecule has 0 aromatic heterocycles. The smallest absolute Gasteiger partial charge is 0.0585 e. The van der Waals surface area contributed by atoms with Crippen molar-refractivity contribution in [3.63, 3.8) is 0 Å². The van der Waals surface area contributed by atoms with Crippen molar-refractivity contribution in [3.8, 4) is 0 Å². The summed E-state index contributed by atoms with van der Waals surface area (Å²) in [6, 6.07) is 0. The van der Waals surface area contributed by atoms with E-state index >= 15 is 0 Å². The fourth-order valence-corrected chi connectivity index (χ4v) is 0.968. The molecule has 0 bridgehead atoms. The molecular weight excluding hydrogens is 134 g/mol. The van der Waals surface area contributed by atoms with Gasteiger partial charge in [0.2, 0.25) is 0 Å². The van der Waals surface area contributed by atoms with Crippen LogP contribution in [0.2, 0.25) is 0 Å². The minimum atomic E-state index is 0.598. The fraction of sp³-hybridized carbons (Fsp3) is 0.833. The summed E-state index contributed by atoms with van der Waals surface area (Å²) in [5.74, 6) is 0.598. The third-order valence-corrected chi connectivity index (χ3v) is 1.57. The molecule has 0 aromatic rings. The van der Waals surface area contributed by atoms with Crippen molar-refractivity contribution in [2.75, 3.05) is 19.8 Å². The number of nitrogens with zero attached hydrogens (tertiary/aromatic N) is 1. The predicted octanol–water partition coefficient (Wildman–Crippen LogP) is 1.13. The number of hydrogen-bond donors (Lipinski definition) is 0. The Morgan fingerprint density at radius 2 is 2.67 bits per heavy atom. The van der Waals surface area contributed by atoms with Crippen molar-refractivity contribution >= 4 is 17.4 Å². The maximum atomic E-state index is 5.13. The van der Waals surface area contributed by atoms with Gasteiger partial charge in [-0.25, -0.2) is 4.99 Å². The van der Waals surface area contributed by atoms with Gasteiger partial charge >= 0.3 is 0 Å². The summed E-state index contributed by atoms with van der Waals surface area (Å²) in [6.07, 6.45) is 1.13. The van der Waals surface area contributed by atoms with E-state index in [1.54, 1.807) is 0 Å². The molecule has 0 spiro atoms. The molecule has 0 aromatic carbocycles. The average molecular weight is 143 g/mol. The van der Waals surface area contributed by atoms with Crippen LogP contribution in [0.1, 0.15) is 6.42 Å². The summed E-state index contributed by atoms with van der Waals surface area (Å²) in [7, 11) is 0. The number of thiocarbonyl (C=S) groups is 1. The molecule has 9 heavy (non-hydrogen) atoms. The van der Waals surface area contributed by atoms with Gasteiger partial charge in [-0.2, -0.15) is 0 Å². The van der Waals surface area contributed by atoms with E-state index in [1.807, 2.05) is 0 Å². The lowest BCUT2D eigenvalue weighted by molar-refractivity contribution is 0.187. The van der Waals surface area contributed by atoms with Crippen LogP contribution in [0.25, 0.3) is 0 Å². The second kappa shape index (κ2) is 3.72. The standard InChI is InChI=1S/C6H9NOS/c9-5-7-3-6-1-2-8-4-6/h6H,1-4H2/t6-/m1/s1. The van der Waals surface area contributed by atoms with E-state index in [4.69, 9.17) is 4.74 Å². The number of hydrogen-bond acceptors (Lipinski definition) is 3. The molecule has 50 valence electrons. The third kappa shape index (κ3) is 2.22. The maximum absolute atomic E-state index is 5.13. The molecule has 1 atom stereocenters. The highest BCUT2D eigenvalue weighted by Crippen LogP contribution is 2.11. The Morgan fingerprint density at radius 1 is 1.78 bits per heavy atom. The Hall–Kier alpha value is -0.240. The minimum absolute atomic E-state index is 0.598. The SMILES string of the molecule is S=C=NC[C@H]1CCOC1. The van der Waals surface area contributed by atoms with Crippen molar-refractivity contribution in [1.29, 1.82) is 0 Å². The molecule has 3 heteroatoms. The van der Waals surface area contributed by atoms with E-state index in [9.17, 15) is 0 Å². The largest absolute Gasteiger partial charge is 0.381 e. The first-order valence-corrected chi connectivity index (χ1v) is 3.45. The van der Waals surface area contributed by atoms with Crippen LogP contribution in [0.15, 0.2) is 4.99 Å². The van der Waals surface area contributed by atoms with Gasteiger partial charge in [-0.3, -0.25) is 0 Å². The van der Waals surface area contributed by atoms with E-state index in [-0.39, 0.29) is 0 Å². The lowest BCUT2D eigenvalue weighted by Gasteiger charge is -1.97. The maximum Gasteiger partial charge on any atom is 0.0585 e. The normalized spacial score (nSPS) is 25.6. The predicted molar refractivity (Wildman–Crippen MR) is 38.8 cm³/mol. The van der Waals surface area contributed by atoms with Gasteiger partial charge in [-0.15, -0.1) is 0 Å². The zero-order valence-corrected chi connectivity index (χ0v) is 5.99. The van der Waals surface area contributed by atoms with Crippen LogP contribution < -0.4 is 0 Å². The van der Waals surface area contributed by atoms with Gasteiger partial charge in [0.15, 0.2) is 0 Å². The zero-order chi connectivity index (χ0) is 6.53. The van der Waals surface area contributed by atoms with E-state index in [1.165, 1.54) is 0 Å². The van der Waals surface area contributed by atoms with Gasteiger partial charge < -0.3 is 4.74 Å². The van der Waals surface area contributed by atoms with Gasteiger partial charge in [-0.05, 0) is 18.6 Å². The molecule has 1 saturated heterocycles. The van der Waals surface area contributed by atoms with Crippen molar-refractivity contribution in [3.05, 3.63) is 0 Å². The number of isothiocyanates is 1. The summed E-state index contributed by atoms with van der Waals surface area (Å²) >= 11 is 4.43. The average Bonchev–Trinajstić information content (AvgIpc) is 2.34. The third-order valence-electron chi connectivity index (χ3n) is 1.44. The summed E-state index contributed by atoms with van der Waals surface area (Å²) < 4.78 is 5.13. The highest BCUT2D eigenvalue weighted by atomic mass is 32.1. The van der Waals surface area contributed by atoms with Gasteiger partial charge in [0.05, 0.1) is 18.3 Å². The van der Waals surface area contributed by atoms with Crippen LogP contribution in [0, 0.1) is 5.92 Å². The topological polar surface area (TPSA) is 21.6 Å². The van der Waals surface area contributed by atoms with Crippen LogP contribution in [0.4, 0.5) is 0 Å². The molecule has 0 amide bonds. The lowest BCUT2D eigenvalue weighted by Crippen LogP contribution is -2.02. The number of ether oxygens (including phenoxy) is 1. The molecule has 1 rings (SSSR count). The Bertz CT molecular complexity index is 125. The van der Waals surface area contributed by atoms with Gasteiger partial charge in [0.25, 0.3) is 0 Å². The minimum Gasteiger partial charge on any atom is -0.381 e. The van der Waals surface area contributed by atoms with Crippen molar-refractivity contribution in [2.24, 2.45) is 10.9 Å². The molecule has 0 aliphatic carbocycles. The van der Waals surface area contributed by atoms with Crippen LogP contribution in [-0.4, -0.2) is 24.9 Å². The summed E-state index contributed by atoms with van der Waals surface area (Å²) in [5, 5.41) is 2.35.